The van der Waals surface area contributed by atoms with Crippen LogP contribution < -0.4 is 10.2 Å². The van der Waals surface area contributed by atoms with Gasteiger partial charge in [-0.2, -0.15) is 0 Å². The molecule has 0 aromatic carbocycles. The van der Waals surface area contributed by atoms with Crippen molar-refractivity contribution in [1.82, 2.24) is 20.2 Å². The summed E-state index contributed by atoms with van der Waals surface area (Å²) in [6.45, 7) is 5.62. The van der Waals surface area contributed by atoms with Crippen molar-refractivity contribution in [2.45, 2.75) is 50.7 Å². The minimum absolute atomic E-state index is 0.723. The van der Waals surface area contributed by atoms with Gasteiger partial charge in [-0.1, -0.05) is 0 Å². The van der Waals surface area contributed by atoms with Gasteiger partial charge >= 0.3 is 0 Å². The molecule has 3 aliphatic rings. The summed E-state index contributed by atoms with van der Waals surface area (Å²) in [4.78, 5) is 14.4. The van der Waals surface area contributed by atoms with Crippen LogP contribution in [-0.2, 0) is 6.54 Å². The summed E-state index contributed by atoms with van der Waals surface area (Å²) in [5.41, 5.74) is 1.08. The Labute approximate surface area is 126 Å². The van der Waals surface area contributed by atoms with Crippen molar-refractivity contribution in [2.75, 3.05) is 31.1 Å². The molecule has 1 aromatic rings. The van der Waals surface area contributed by atoms with Gasteiger partial charge in [0.05, 0.1) is 11.9 Å². The molecule has 3 fully saturated rings. The van der Waals surface area contributed by atoms with Crippen LogP contribution in [0.3, 0.4) is 0 Å². The minimum atomic E-state index is 0.723. The van der Waals surface area contributed by atoms with Gasteiger partial charge in [-0.25, -0.2) is 4.98 Å². The molecular formula is C16H25N5. The molecule has 114 valence electrons. The summed E-state index contributed by atoms with van der Waals surface area (Å²) in [6.07, 6.45) is 10.4. The highest BCUT2D eigenvalue weighted by Crippen LogP contribution is 2.24. The van der Waals surface area contributed by atoms with Crippen molar-refractivity contribution in [3.63, 3.8) is 0 Å². The Kier molecular flexibility index (Phi) is 3.78. The molecule has 1 aromatic heterocycles. The predicted molar refractivity (Wildman–Crippen MR) is 83.3 cm³/mol. The van der Waals surface area contributed by atoms with E-state index in [-0.39, 0.29) is 0 Å². The van der Waals surface area contributed by atoms with Gasteiger partial charge in [-0.05, 0) is 38.6 Å². The Balaban J connectivity index is 1.45. The summed E-state index contributed by atoms with van der Waals surface area (Å²) >= 11 is 0. The van der Waals surface area contributed by atoms with Crippen molar-refractivity contribution in [1.29, 1.82) is 0 Å². The maximum Gasteiger partial charge on any atom is 0.147 e. The average molecular weight is 287 g/mol. The number of aromatic nitrogens is 2. The summed E-state index contributed by atoms with van der Waals surface area (Å²) < 4.78 is 0. The fraction of sp³-hybridized carbons (Fsp3) is 0.750. The Morgan fingerprint density at radius 1 is 1.10 bits per heavy atom. The molecule has 1 atom stereocenters. The van der Waals surface area contributed by atoms with E-state index in [2.05, 4.69) is 20.1 Å². The van der Waals surface area contributed by atoms with Crippen molar-refractivity contribution >= 4 is 5.82 Å². The maximum absolute atomic E-state index is 4.83. The molecule has 1 N–H and O–H groups in total. The number of nitrogens with zero attached hydrogens (tertiary/aromatic N) is 4. The molecule has 3 heterocycles. The predicted octanol–water partition coefficient (Wildman–Crippen LogP) is 1.40. The Bertz CT molecular complexity index is 487. The van der Waals surface area contributed by atoms with Crippen LogP contribution in [0.4, 0.5) is 5.82 Å². The van der Waals surface area contributed by atoms with Gasteiger partial charge in [0.2, 0.25) is 0 Å². The van der Waals surface area contributed by atoms with Crippen LogP contribution >= 0.6 is 0 Å². The van der Waals surface area contributed by atoms with Gasteiger partial charge in [-0.15, -0.1) is 0 Å². The number of hydrogen-bond donors (Lipinski definition) is 1. The molecule has 0 bridgehead atoms. The Morgan fingerprint density at radius 2 is 2.00 bits per heavy atom. The first-order valence-corrected chi connectivity index (χ1v) is 8.42. The zero-order valence-electron chi connectivity index (χ0n) is 12.7. The van der Waals surface area contributed by atoms with Crippen molar-refractivity contribution in [3.05, 3.63) is 18.1 Å². The molecule has 2 saturated heterocycles. The fourth-order valence-corrected chi connectivity index (χ4v) is 3.58. The third-order valence-corrected chi connectivity index (χ3v) is 4.95. The molecule has 1 unspecified atom stereocenters. The highest BCUT2D eigenvalue weighted by atomic mass is 15.3. The molecule has 21 heavy (non-hydrogen) atoms. The van der Waals surface area contributed by atoms with Crippen molar-refractivity contribution in [2.24, 2.45) is 0 Å². The largest absolute Gasteiger partial charge is 0.354 e. The Morgan fingerprint density at radius 3 is 2.90 bits per heavy atom. The summed E-state index contributed by atoms with van der Waals surface area (Å²) in [7, 11) is 0. The molecule has 1 saturated carbocycles. The summed E-state index contributed by atoms with van der Waals surface area (Å²) in [5.74, 6) is 1.07. The molecule has 1 aliphatic carbocycles. The highest BCUT2D eigenvalue weighted by molar-refractivity contribution is 5.37. The second-order valence-corrected chi connectivity index (χ2v) is 6.66. The van der Waals surface area contributed by atoms with Crippen LogP contribution in [0.1, 0.15) is 37.8 Å². The number of rotatable bonds is 4. The molecule has 0 spiro atoms. The zero-order valence-corrected chi connectivity index (χ0v) is 12.7. The monoisotopic (exact) mass is 287 g/mol. The number of anilines is 1. The number of fused-ring (bicyclic) bond motifs is 1. The summed E-state index contributed by atoms with van der Waals surface area (Å²) in [5, 5.41) is 3.52. The Hall–Kier alpha value is -1.20. The zero-order chi connectivity index (χ0) is 14.1. The van der Waals surface area contributed by atoms with Gasteiger partial charge in [-0.3, -0.25) is 9.88 Å². The van der Waals surface area contributed by atoms with E-state index in [1.54, 1.807) is 0 Å². The molecular weight excluding hydrogens is 262 g/mol. The van der Waals surface area contributed by atoms with E-state index in [1.807, 2.05) is 12.4 Å². The minimum Gasteiger partial charge on any atom is -0.354 e. The van der Waals surface area contributed by atoms with Crippen LogP contribution in [0.25, 0.3) is 0 Å². The molecule has 5 nitrogen and oxygen atoms in total. The van der Waals surface area contributed by atoms with E-state index in [1.165, 1.54) is 45.2 Å². The quantitative estimate of drug-likeness (QED) is 0.907. The van der Waals surface area contributed by atoms with E-state index < -0.39 is 0 Å². The lowest BCUT2D eigenvalue weighted by Crippen LogP contribution is -2.37. The third kappa shape index (κ3) is 3.19. The fourth-order valence-electron chi connectivity index (χ4n) is 3.58. The lowest BCUT2D eigenvalue weighted by atomic mass is 10.2. The van der Waals surface area contributed by atoms with Crippen molar-refractivity contribution in [3.8, 4) is 0 Å². The highest BCUT2D eigenvalue weighted by Gasteiger charge is 2.29. The second-order valence-electron chi connectivity index (χ2n) is 6.66. The van der Waals surface area contributed by atoms with E-state index in [0.29, 0.717) is 0 Å². The second kappa shape index (κ2) is 5.89. The van der Waals surface area contributed by atoms with Crippen LogP contribution in [0.5, 0.6) is 0 Å². The number of nitrogens with one attached hydrogen (secondary N) is 1. The number of hydrogen-bond acceptors (Lipinski definition) is 5. The van der Waals surface area contributed by atoms with E-state index in [0.717, 1.165) is 43.2 Å². The smallest absolute Gasteiger partial charge is 0.147 e. The normalized spacial score (nSPS) is 26.7. The van der Waals surface area contributed by atoms with Crippen LogP contribution in [0, 0.1) is 0 Å². The maximum atomic E-state index is 4.83. The average Bonchev–Trinajstić information content (AvgIpc) is 3.28. The topological polar surface area (TPSA) is 44.3 Å². The lowest BCUT2D eigenvalue weighted by Gasteiger charge is -2.26. The van der Waals surface area contributed by atoms with E-state index >= 15 is 0 Å². The van der Waals surface area contributed by atoms with Gasteiger partial charge in [0.1, 0.15) is 5.82 Å². The molecule has 0 amide bonds. The lowest BCUT2D eigenvalue weighted by molar-refractivity contribution is 0.273. The molecule has 5 heteroatoms. The van der Waals surface area contributed by atoms with Crippen LogP contribution in [0.2, 0.25) is 0 Å². The molecule has 0 radical (unpaired) electrons. The van der Waals surface area contributed by atoms with Gasteiger partial charge < -0.3 is 10.2 Å². The van der Waals surface area contributed by atoms with Gasteiger partial charge in [0, 0.05) is 44.5 Å². The standard InChI is InChI=1S/C16H25N5/c1-3-15-12-21(8-2-7-20(15)6-1)16-11-17-9-14(19-16)10-18-13-4-5-13/h9,11,13,15,18H,1-8,10,12H2. The van der Waals surface area contributed by atoms with Crippen LogP contribution in [-0.4, -0.2) is 53.1 Å². The molecule has 4 rings (SSSR count). The first-order valence-electron chi connectivity index (χ1n) is 8.42. The molecule has 2 aliphatic heterocycles. The summed E-state index contributed by atoms with van der Waals surface area (Å²) in [6, 6.07) is 1.45. The first-order chi connectivity index (χ1) is 10.4. The third-order valence-electron chi connectivity index (χ3n) is 4.95. The van der Waals surface area contributed by atoms with Crippen LogP contribution in [0.15, 0.2) is 12.4 Å². The first kappa shape index (κ1) is 13.5. The van der Waals surface area contributed by atoms with Gasteiger partial charge in [0.25, 0.3) is 0 Å². The van der Waals surface area contributed by atoms with E-state index in [4.69, 9.17) is 4.98 Å². The van der Waals surface area contributed by atoms with E-state index in [9.17, 15) is 0 Å². The SMILES string of the molecule is c1ncc(N2CCCN3CCCC3C2)nc1CNC1CC1. The van der Waals surface area contributed by atoms with Gasteiger partial charge in [0.15, 0.2) is 0 Å². The van der Waals surface area contributed by atoms with Crippen molar-refractivity contribution < 1.29 is 0 Å².